The number of para-hydroxylation sites is 1. The van der Waals surface area contributed by atoms with Gasteiger partial charge in [-0.3, -0.25) is 19.5 Å². The molecule has 1 N–H and O–H groups in total. The van der Waals surface area contributed by atoms with Gasteiger partial charge in [0.25, 0.3) is 11.8 Å². The summed E-state index contributed by atoms with van der Waals surface area (Å²) in [5, 5.41) is 7.77. The number of nitrogens with one attached hydrogen (secondary N) is 1. The van der Waals surface area contributed by atoms with Gasteiger partial charge in [0, 0.05) is 35.5 Å². The molecule has 36 heavy (non-hydrogen) atoms. The molecular weight excluding hydrogens is 457 g/mol. The third-order valence-electron chi connectivity index (χ3n) is 6.50. The number of fused-ring (bicyclic) bond motifs is 1. The molecule has 182 valence electrons. The van der Waals surface area contributed by atoms with Crippen LogP contribution in [0.1, 0.15) is 45.7 Å². The van der Waals surface area contributed by atoms with Crippen molar-refractivity contribution in [2.24, 2.45) is 0 Å². The van der Waals surface area contributed by atoms with Gasteiger partial charge in [-0.15, -0.1) is 0 Å². The van der Waals surface area contributed by atoms with Gasteiger partial charge < -0.3 is 5.32 Å². The van der Waals surface area contributed by atoms with E-state index in [-0.39, 0.29) is 17.6 Å². The van der Waals surface area contributed by atoms with Crippen LogP contribution >= 0.6 is 0 Å². The number of pyridine rings is 1. The molecule has 1 aliphatic rings. The Balaban J connectivity index is 1.68. The number of rotatable bonds is 5. The third-order valence-corrected chi connectivity index (χ3v) is 6.50. The predicted molar refractivity (Wildman–Crippen MR) is 135 cm³/mol. The molecular formula is C28H26FN5O2. The first kappa shape index (κ1) is 23.4. The largest absolute Gasteiger partial charge is 0.339 e. The van der Waals surface area contributed by atoms with Crippen LogP contribution in [0.15, 0.2) is 72.9 Å². The summed E-state index contributed by atoms with van der Waals surface area (Å²) in [4.78, 5) is 33.1. The summed E-state index contributed by atoms with van der Waals surface area (Å²) >= 11 is 0. The second-order valence-corrected chi connectivity index (χ2v) is 8.82. The Morgan fingerprint density at radius 2 is 1.78 bits per heavy atom. The van der Waals surface area contributed by atoms with E-state index in [1.807, 2.05) is 44.2 Å². The van der Waals surface area contributed by atoms with Crippen molar-refractivity contribution in [3.8, 4) is 5.69 Å². The van der Waals surface area contributed by atoms with E-state index >= 15 is 0 Å². The minimum Gasteiger partial charge on any atom is -0.339 e. The predicted octanol–water partition coefficient (Wildman–Crippen LogP) is 4.32. The fourth-order valence-electron chi connectivity index (χ4n) is 4.87. The number of likely N-dealkylation sites (N-methyl/N-ethyl adjacent to an activating group) is 1. The summed E-state index contributed by atoms with van der Waals surface area (Å²) < 4.78 is 15.6. The molecule has 1 aliphatic heterocycles. The Bertz CT molecular complexity index is 1430. The van der Waals surface area contributed by atoms with Crippen molar-refractivity contribution in [3.63, 3.8) is 0 Å². The lowest BCUT2D eigenvalue weighted by molar-refractivity contribution is -0.121. The highest BCUT2D eigenvalue weighted by molar-refractivity contribution is 6.05. The molecule has 4 aromatic rings. The minimum atomic E-state index is -0.906. The van der Waals surface area contributed by atoms with E-state index in [2.05, 4.69) is 10.3 Å². The van der Waals surface area contributed by atoms with Crippen molar-refractivity contribution >= 4 is 17.6 Å². The van der Waals surface area contributed by atoms with E-state index in [4.69, 9.17) is 5.10 Å². The van der Waals surface area contributed by atoms with Gasteiger partial charge in [0.1, 0.15) is 17.7 Å². The number of hydrogen-bond acceptors (Lipinski definition) is 4. The van der Waals surface area contributed by atoms with Crippen LogP contribution in [-0.4, -0.2) is 39.2 Å². The topological polar surface area (TPSA) is 80.1 Å². The number of carbonyl (C=O) groups excluding carboxylic acids is 2. The van der Waals surface area contributed by atoms with Gasteiger partial charge in [0.05, 0.1) is 11.4 Å². The number of anilines is 1. The monoisotopic (exact) mass is 483 g/mol. The van der Waals surface area contributed by atoms with E-state index in [1.54, 1.807) is 47.0 Å². The molecule has 2 aromatic heterocycles. The second kappa shape index (κ2) is 9.37. The zero-order valence-electron chi connectivity index (χ0n) is 20.3. The van der Waals surface area contributed by atoms with Gasteiger partial charge in [0.15, 0.2) is 0 Å². The highest BCUT2D eigenvalue weighted by atomic mass is 19.1. The minimum absolute atomic E-state index is 0.254. The Kier molecular flexibility index (Phi) is 6.10. The molecule has 2 atom stereocenters. The maximum atomic E-state index is 14.0. The maximum Gasteiger partial charge on any atom is 0.252 e. The summed E-state index contributed by atoms with van der Waals surface area (Å²) in [5.41, 5.74) is 4.20. The van der Waals surface area contributed by atoms with Gasteiger partial charge in [-0.2, -0.15) is 5.10 Å². The molecule has 0 fully saturated rings. The first-order valence-electron chi connectivity index (χ1n) is 11.8. The fraction of sp³-hybridized carbons (Fsp3) is 0.214. The van der Waals surface area contributed by atoms with E-state index in [9.17, 15) is 14.0 Å². The summed E-state index contributed by atoms with van der Waals surface area (Å²) in [6.45, 7) is 5.98. The SMILES string of the molecule is CCN1C(=O)[C@@H](NC(=O)c2ccnc(C)c2)[C@@H](c2ccc(F)cc2)c2c(C)nn(-c3ccccc3)c21. The number of carbonyl (C=O) groups is 2. The zero-order chi connectivity index (χ0) is 25.4. The summed E-state index contributed by atoms with van der Waals surface area (Å²) in [5.74, 6) is -0.902. The van der Waals surface area contributed by atoms with Crippen molar-refractivity contribution in [2.75, 3.05) is 11.4 Å². The molecule has 5 rings (SSSR count). The Morgan fingerprint density at radius 3 is 2.44 bits per heavy atom. The average Bonchev–Trinajstić information content (AvgIpc) is 3.22. The number of halogens is 1. The number of aryl methyl sites for hydroxylation is 2. The number of hydrogen-bond donors (Lipinski definition) is 1. The van der Waals surface area contributed by atoms with Crippen LogP contribution in [0.25, 0.3) is 5.69 Å². The molecule has 2 amide bonds. The molecule has 0 bridgehead atoms. The quantitative estimate of drug-likeness (QED) is 0.459. The molecule has 0 unspecified atom stereocenters. The lowest BCUT2D eigenvalue weighted by Crippen LogP contribution is -2.55. The molecule has 0 spiro atoms. The Labute approximate surface area is 208 Å². The first-order chi connectivity index (χ1) is 17.4. The Morgan fingerprint density at radius 1 is 1.06 bits per heavy atom. The summed E-state index contributed by atoms with van der Waals surface area (Å²) in [6, 6.07) is 18.0. The molecule has 7 nitrogen and oxygen atoms in total. The smallest absolute Gasteiger partial charge is 0.252 e. The Hall–Kier alpha value is -4.33. The summed E-state index contributed by atoms with van der Waals surface area (Å²) in [6.07, 6.45) is 1.56. The van der Waals surface area contributed by atoms with Crippen molar-refractivity contribution in [3.05, 3.63) is 107 Å². The second-order valence-electron chi connectivity index (χ2n) is 8.82. The molecule has 0 saturated heterocycles. The van der Waals surface area contributed by atoms with Crippen LogP contribution in [0.4, 0.5) is 10.2 Å². The lowest BCUT2D eigenvalue weighted by atomic mass is 9.81. The number of amides is 2. The fourth-order valence-corrected chi connectivity index (χ4v) is 4.87. The van der Waals surface area contributed by atoms with Crippen molar-refractivity contribution in [1.29, 1.82) is 0 Å². The van der Waals surface area contributed by atoms with E-state index in [1.165, 1.54) is 12.1 Å². The maximum absolute atomic E-state index is 14.0. The zero-order valence-corrected chi connectivity index (χ0v) is 20.3. The van der Waals surface area contributed by atoms with Gasteiger partial charge >= 0.3 is 0 Å². The standard InChI is InChI=1S/C28H26FN5O2/c1-4-33-27-23(18(3)32-34(27)22-8-6-5-7-9-22)24(19-10-12-21(29)13-11-19)25(28(33)36)31-26(35)20-14-15-30-17(2)16-20/h5-16,24-25H,4H2,1-3H3,(H,31,35)/t24-,25-/m0/s1. The highest BCUT2D eigenvalue weighted by Crippen LogP contribution is 2.43. The number of benzene rings is 2. The van der Waals surface area contributed by atoms with E-state index < -0.39 is 12.0 Å². The van der Waals surface area contributed by atoms with Gasteiger partial charge in [0.2, 0.25) is 0 Å². The van der Waals surface area contributed by atoms with Crippen LogP contribution in [0, 0.1) is 19.7 Å². The van der Waals surface area contributed by atoms with Gasteiger partial charge in [-0.05, 0) is 62.7 Å². The molecule has 8 heteroatoms. The molecule has 0 radical (unpaired) electrons. The number of nitrogens with zero attached hydrogens (tertiary/aromatic N) is 4. The van der Waals surface area contributed by atoms with Gasteiger partial charge in [-0.1, -0.05) is 30.3 Å². The molecule has 0 saturated carbocycles. The number of aromatic nitrogens is 3. The van der Waals surface area contributed by atoms with E-state index in [0.717, 1.165) is 16.9 Å². The molecule has 0 aliphatic carbocycles. The van der Waals surface area contributed by atoms with Crippen molar-refractivity contribution in [1.82, 2.24) is 20.1 Å². The van der Waals surface area contributed by atoms with Gasteiger partial charge in [-0.25, -0.2) is 9.07 Å². The normalized spacial score (nSPS) is 17.1. The third kappa shape index (κ3) is 4.04. The summed E-state index contributed by atoms with van der Waals surface area (Å²) in [7, 11) is 0. The molecule has 2 aromatic carbocycles. The first-order valence-corrected chi connectivity index (χ1v) is 11.8. The van der Waals surface area contributed by atoms with Crippen LogP contribution in [0.5, 0.6) is 0 Å². The van der Waals surface area contributed by atoms with E-state index in [0.29, 0.717) is 29.2 Å². The van der Waals surface area contributed by atoms with Crippen molar-refractivity contribution < 1.29 is 14.0 Å². The average molecular weight is 484 g/mol. The lowest BCUT2D eigenvalue weighted by Gasteiger charge is -2.38. The highest BCUT2D eigenvalue weighted by Gasteiger charge is 2.45. The molecule has 3 heterocycles. The van der Waals surface area contributed by atoms with Crippen LogP contribution in [-0.2, 0) is 4.79 Å². The van der Waals surface area contributed by atoms with Crippen LogP contribution in [0.3, 0.4) is 0 Å². The van der Waals surface area contributed by atoms with Crippen molar-refractivity contribution in [2.45, 2.75) is 32.7 Å². The van der Waals surface area contributed by atoms with Crippen LogP contribution in [0.2, 0.25) is 0 Å². The van der Waals surface area contributed by atoms with Crippen LogP contribution < -0.4 is 10.2 Å².